The zero-order chi connectivity index (χ0) is 15.7. The van der Waals surface area contributed by atoms with Crippen LogP contribution in [0, 0.1) is 5.41 Å². The maximum atomic E-state index is 9.63. The van der Waals surface area contributed by atoms with Crippen LogP contribution in [0.3, 0.4) is 0 Å². The lowest BCUT2D eigenvalue weighted by Gasteiger charge is -2.31. The Balaban J connectivity index is 1.95. The summed E-state index contributed by atoms with van der Waals surface area (Å²) >= 11 is 0. The minimum atomic E-state index is -0.879. The van der Waals surface area contributed by atoms with Crippen LogP contribution in [0.2, 0.25) is 0 Å². The Bertz CT molecular complexity index is 702. The van der Waals surface area contributed by atoms with Gasteiger partial charge in [-0.3, -0.25) is 5.41 Å². The molecular weight excluding hydrogens is 286 g/mol. The maximum Gasteiger partial charge on any atom is 0.205 e. The molecule has 1 fully saturated rings. The summed E-state index contributed by atoms with van der Waals surface area (Å²) in [7, 11) is 2.09. The van der Waals surface area contributed by atoms with E-state index in [0.717, 1.165) is 32.1 Å². The van der Waals surface area contributed by atoms with Crippen molar-refractivity contribution in [2.45, 2.75) is 12.6 Å². The summed E-state index contributed by atoms with van der Waals surface area (Å²) in [6.07, 6.45) is 0.591. The Labute approximate surface area is 127 Å². The molecule has 1 atom stereocenters. The molecule has 1 saturated heterocycles. The molecule has 0 saturated carbocycles. The molecule has 0 amide bonds. The molecule has 0 aliphatic carbocycles. The van der Waals surface area contributed by atoms with Gasteiger partial charge in [0.2, 0.25) is 5.95 Å². The molecule has 0 spiro atoms. The van der Waals surface area contributed by atoms with Crippen molar-refractivity contribution in [2.75, 3.05) is 44.7 Å². The van der Waals surface area contributed by atoms with Crippen LogP contribution in [0.5, 0.6) is 0 Å². The van der Waals surface area contributed by atoms with Gasteiger partial charge in [0.25, 0.3) is 0 Å². The summed E-state index contributed by atoms with van der Waals surface area (Å²) in [6, 6.07) is 0. The van der Waals surface area contributed by atoms with E-state index >= 15 is 0 Å². The molecule has 0 aromatic carbocycles. The fraction of sp³-hybridized carbons (Fsp3) is 0.615. The van der Waals surface area contributed by atoms with Gasteiger partial charge in [0.1, 0.15) is 5.52 Å². The summed E-state index contributed by atoms with van der Waals surface area (Å²) in [4.78, 5) is 16.1. The summed E-state index contributed by atoms with van der Waals surface area (Å²) in [5.74, 6) is 0.719. The van der Waals surface area contributed by atoms with Gasteiger partial charge in [0.15, 0.2) is 11.1 Å². The van der Waals surface area contributed by atoms with Crippen molar-refractivity contribution >= 4 is 17.1 Å². The van der Waals surface area contributed by atoms with Gasteiger partial charge in [-0.2, -0.15) is 4.98 Å². The van der Waals surface area contributed by atoms with Crippen molar-refractivity contribution in [1.29, 1.82) is 5.41 Å². The van der Waals surface area contributed by atoms with Gasteiger partial charge in [-0.25, -0.2) is 4.98 Å². The third-order valence-electron chi connectivity index (χ3n) is 3.93. The SMILES string of the molecule is CN1CCN(c2nc3c([nH]2)c(=N)ncn3C[C@@H](O)CO)CC1. The molecule has 120 valence electrons. The number of H-pyrrole nitrogens is 1. The van der Waals surface area contributed by atoms with Gasteiger partial charge < -0.3 is 29.6 Å². The lowest BCUT2D eigenvalue weighted by Crippen LogP contribution is -2.44. The third-order valence-corrected chi connectivity index (χ3v) is 3.93. The maximum absolute atomic E-state index is 9.63. The van der Waals surface area contributed by atoms with Gasteiger partial charge in [-0.1, -0.05) is 0 Å². The van der Waals surface area contributed by atoms with Gasteiger partial charge in [0, 0.05) is 26.2 Å². The zero-order valence-corrected chi connectivity index (χ0v) is 12.5. The second kappa shape index (κ2) is 6.03. The molecule has 0 bridgehead atoms. The Kier molecular flexibility index (Phi) is 4.10. The quantitative estimate of drug-likeness (QED) is 0.537. The molecule has 9 nitrogen and oxygen atoms in total. The van der Waals surface area contributed by atoms with Crippen molar-refractivity contribution in [2.24, 2.45) is 0 Å². The van der Waals surface area contributed by atoms with E-state index in [1.54, 1.807) is 4.57 Å². The highest BCUT2D eigenvalue weighted by molar-refractivity contribution is 5.72. The number of aliphatic hydroxyl groups is 2. The Morgan fingerprint density at radius 3 is 2.77 bits per heavy atom. The van der Waals surface area contributed by atoms with Crippen LogP contribution >= 0.6 is 0 Å². The Morgan fingerprint density at radius 1 is 1.36 bits per heavy atom. The highest BCUT2D eigenvalue weighted by atomic mass is 16.3. The molecule has 0 unspecified atom stereocenters. The Morgan fingerprint density at radius 2 is 2.09 bits per heavy atom. The number of fused-ring (bicyclic) bond motifs is 1. The average Bonchev–Trinajstić information content (AvgIpc) is 2.97. The highest BCUT2D eigenvalue weighted by Gasteiger charge is 2.19. The van der Waals surface area contributed by atoms with Crippen LogP contribution in [0.1, 0.15) is 0 Å². The number of aromatic nitrogens is 4. The molecule has 3 heterocycles. The molecular formula is C13H21N7O2. The standard InChI is InChI=1S/C13H21N7O2/c1-18-2-4-19(5-3-18)13-16-10-11(14)15-8-20(12(10)17-13)6-9(22)7-21/h8-9,14,21-22H,2-7H2,1H3,(H,16,17)/t9-/m1/s1. The first-order valence-corrected chi connectivity index (χ1v) is 7.30. The number of nitrogens with zero attached hydrogens (tertiary/aromatic N) is 5. The highest BCUT2D eigenvalue weighted by Crippen LogP contribution is 2.16. The number of piperazine rings is 1. The molecule has 3 rings (SSSR count). The van der Waals surface area contributed by atoms with E-state index in [4.69, 9.17) is 10.5 Å². The van der Waals surface area contributed by atoms with Crippen LogP contribution in [-0.4, -0.2) is 80.6 Å². The molecule has 22 heavy (non-hydrogen) atoms. The van der Waals surface area contributed by atoms with E-state index < -0.39 is 6.10 Å². The van der Waals surface area contributed by atoms with E-state index in [2.05, 4.69) is 31.8 Å². The smallest absolute Gasteiger partial charge is 0.205 e. The van der Waals surface area contributed by atoms with Crippen LogP contribution in [-0.2, 0) is 6.54 Å². The van der Waals surface area contributed by atoms with E-state index in [9.17, 15) is 5.11 Å². The number of nitrogens with one attached hydrogen (secondary N) is 2. The molecule has 2 aromatic rings. The number of hydrogen-bond acceptors (Lipinski definition) is 7. The predicted molar refractivity (Wildman–Crippen MR) is 80.5 cm³/mol. The molecule has 0 radical (unpaired) electrons. The van der Waals surface area contributed by atoms with E-state index in [0.29, 0.717) is 11.2 Å². The Hall–Kier alpha value is -1.97. The molecule has 1 aliphatic heterocycles. The molecule has 4 N–H and O–H groups in total. The minimum absolute atomic E-state index is 0.123. The lowest BCUT2D eigenvalue weighted by atomic mass is 10.3. The minimum Gasteiger partial charge on any atom is -0.394 e. The number of likely N-dealkylation sites (N-methyl/N-ethyl adjacent to an activating group) is 1. The van der Waals surface area contributed by atoms with Crippen molar-refractivity contribution in [3.63, 3.8) is 0 Å². The first-order valence-electron chi connectivity index (χ1n) is 7.30. The fourth-order valence-electron chi connectivity index (χ4n) is 2.56. The first-order chi connectivity index (χ1) is 10.6. The summed E-state index contributed by atoms with van der Waals surface area (Å²) in [5.41, 5.74) is 1.24. The molecule has 1 aliphatic rings. The summed E-state index contributed by atoms with van der Waals surface area (Å²) in [5, 5.41) is 26.5. The zero-order valence-electron chi connectivity index (χ0n) is 12.5. The average molecular weight is 307 g/mol. The number of aromatic amines is 1. The fourth-order valence-corrected chi connectivity index (χ4v) is 2.56. The molecule has 9 heteroatoms. The van der Waals surface area contributed by atoms with Crippen molar-refractivity contribution < 1.29 is 10.2 Å². The second-order valence-electron chi connectivity index (χ2n) is 5.63. The topological polar surface area (TPSA) is 117 Å². The number of imidazole rings is 1. The van der Waals surface area contributed by atoms with Crippen LogP contribution < -0.4 is 10.4 Å². The van der Waals surface area contributed by atoms with Crippen LogP contribution in [0.15, 0.2) is 6.33 Å². The monoisotopic (exact) mass is 307 g/mol. The number of hydrogen-bond donors (Lipinski definition) is 4. The summed E-state index contributed by atoms with van der Waals surface area (Å²) < 4.78 is 1.66. The second-order valence-corrected chi connectivity index (χ2v) is 5.63. The van der Waals surface area contributed by atoms with Crippen LogP contribution in [0.4, 0.5) is 5.95 Å². The number of anilines is 1. The van der Waals surface area contributed by atoms with Crippen molar-refractivity contribution in [3.05, 3.63) is 11.8 Å². The van der Waals surface area contributed by atoms with E-state index in [1.807, 2.05) is 0 Å². The third kappa shape index (κ3) is 2.82. The number of aliphatic hydroxyl groups excluding tert-OH is 2. The largest absolute Gasteiger partial charge is 0.394 e. The van der Waals surface area contributed by atoms with Crippen molar-refractivity contribution in [3.8, 4) is 0 Å². The van der Waals surface area contributed by atoms with Gasteiger partial charge in [-0.15, -0.1) is 0 Å². The van der Waals surface area contributed by atoms with E-state index in [-0.39, 0.29) is 18.6 Å². The normalized spacial score (nSPS) is 18.0. The lowest BCUT2D eigenvalue weighted by molar-refractivity contribution is 0.0817. The first kappa shape index (κ1) is 14.9. The van der Waals surface area contributed by atoms with Crippen molar-refractivity contribution in [1.82, 2.24) is 24.4 Å². The van der Waals surface area contributed by atoms with Crippen LogP contribution in [0.25, 0.3) is 11.2 Å². The number of rotatable bonds is 4. The van der Waals surface area contributed by atoms with Gasteiger partial charge in [-0.05, 0) is 7.05 Å². The van der Waals surface area contributed by atoms with Gasteiger partial charge >= 0.3 is 0 Å². The van der Waals surface area contributed by atoms with E-state index in [1.165, 1.54) is 6.33 Å². The molecule has 2 aromatic heterocycles. The predicted octanol–water partition coefficient (Wildman–Crippen LogP) is -1.66. The summed E-state index contributed by atoms with van der Waals surface area (Å²) in [6.45, 7) is 3.53. The van der Waals surface area contributed by atoms with Gasteiger partial charge in [0.05, 0.1) is 25.6 Å².